The highest BCUT2D eigenvalue weighted by Crippen LogP contribution is 2.21. The van der Waals surface area contributed by atoms with Crippen LogP contribution in [0.25, 0.3) is 0 Å². The minimum atomic E-state index is -0.510. The molecular formula is C14H26N2O4. The van der Waals surface area contributed by atoms with Gasteiger partial charge < -0.3 is 20.1 Å². The Morgan fingerprint density at radius 3 is 2.50 bits per heavy atom. The fourth-order valence-corrected chi connectivity index (χ4v) is 2.48. The number of rotatable bonds is 4. The van der Waals surface area contributed by atoms with Gasteiger partial charge in [-0.1, -0.05) is 13.8 Å². The van der Waals surface area contributed by atoms with Gasteiger partial charge in [0.1, 0.15) is 0 Å². The summed E-state index contributed by atoms with van der Waals surface area (Å²) in [7, 11) is 0. The molecule has 20 heavy (non-hydrogen) atoms. The zero-order chi connectivity index (χ0) is 15.3. The van der Waals surface area contributed by atoms with Crippen LogP contribution in [0.15, 0.2) is 0 Å². The maximum absolute atomic E-state index is 12.1. The van der Waals surface area contributed by atoms with E-state index in [0.717, 1.165) is 0 Å². The number of piperidine rings is 1. The van der Waals surface area contributed by atoms with E-state index in [-0.39, 0.29) is 23.8 Å². The summed E-state index contributed by atoms with van der Waals surface area (Å²) in [6.07, 6.45) is -0.330. The fraction of sp³-hybridized carbons (Fsp3) is 0.857. The van der Waals surface area contributed by atoms with Crippen LogP contribution in [0.3, 0.4) is 0 Å². The lowest BCUT2D eigenvalue weighted by molar-refractivity contribution is -0.137. The largest absolute Gasteiger partial charge is 0.450 e. The number of hydrogen-bond acceptors (Lipinski definition) is 4. The highest BCUT2D eigenvalue weighted by Gasteiger charge is 2.33. The van der Waals surface area contributed by atoms with Gasteiger partial charge >= 0.3 is 6.09 Å². The zero-order valence-electron chi connectivity index (χ0n) is 12.8. The van der Waals surface area contributed by atoms with Crippen molar-refractivity contribution in [3.63, 3.8) is 0 Å². The van der Waals surface area contributed by atoms with Crippen molar-refractivity contribution in [3.8, 4) is 0 Å². The van der Waals surface area contributed by atoms with Crippen LogP contribution >= 0.6 is 0 Å². The summed E-state index contributed by atoms with van der Waals surface area (Å²) in [5, 5.41) is 12.6. The smallest absolute Gasteiger partial charge is 0.407 e. The van der Waals surface area contributed by atoms with E-state index in [0.29, 0.717) is 26.1 Å². The molecule has 0 aliphatic carbocycles. The molecule has 1 rings (SSSR count). The van der Waals surface area contributed by atoms with Crippen molar-refractivity contribution in [2.24, 2.45) is 11.8 Å². The molecule has 1 saturated heterocycles. The number of nitrogens with zero attached hydrogens (tertiary/aromatic N) is 1. The van der Waals surface area contributed by atoms with Gasteiger partial charge in [-0.3, -0.25) is 4.79 Å². The third-order valence-electron chi connectivity index (χ3n) is 3.57. The van der Waals surface area contributed by atoms with Gasteiger partial charge in [-0.25, -0.2) is 4.79 Å². The van der Waals surface area contributed by atoms with Crippen LogP contribution in [-0.2, 0) is 9.53 Å². The summed E-state index contributed by atoms with van der Waals surface area (Å²) in [6.45, 7) is 8.48. The second-order valence-corrected chi connectivity index (χ2v) is 5.70. The summed E-state index contributed by atoms with van der Waals surface area (Å²) in [6, 6.07) is -0.176. The van der Waals surface area contributed by atoms with Crippen LogP contribution < -0.4 is 5.32 Å². The molecule has 116 valence electrons. The molecule has 0 aromatic heterocycles. The molecule has 0 aromatic rings. The van der Waals surface area contributed by atoms with E-state index in [2.05, 4.69) is 5.32 Å². The first-order valence-electron chi connectivity index (χ1n) is 7.25. The van der Waals surface area contributed by atoms with Gasteiger partial charge in [0, 0.05) is 24.9 Å². The first-order chi connectivity index (χ1) is 9.35. The quantitative estimate of drug-likeness (QED) is 0.807. The van der Waals surface area contributed by atoms with E-state index in [1.807, 2.05) is 13.8 Å². The van der Waals surface area contributed by atoms with Crippen molar-refractivity contribution in [2.75, 3.05) is 19.7 Å². The predicted octanol–water partition coefficient (Wildman–Crippen LogP) is 0.986. The van der Waals surface area contributed by atoms with Crippen molar-refractivity contribution in [1.82, 2.24) is 10.2 Å². The second kappa shape index (κ2) is 7.47. The minimum Gasteiger partial charge on any atom is -0.450 e. The van der Waals surface area contributed by atoms with Crippen LogP contribution in [0.4, 0.5) is 4.79 Å². The minimum absolute atomic E-state index is 0.0293. The lowest BCUT2D eigenvalue weighted by Gasteiger charge is -2.39. The molecule has 1 aliphatic heterocycles. The summed E-state index contributed by atoms with van der Waals surface area (Å²) in [5.74, 6) is -0.0737. The van der Waals surface area contributed by atoms with E-state index in [1.54, 1.807) is 18.7 Å². The number of aliphatic hydroxyl groups is 1. The Morgan fingerprint density at radius 2 is 2.00 bits per heavy atom. The lowest BCUT2D eigenvalue weighted by atomic mass is 9.89. The van der Waals surface area contributed by atoms with E-state index in [4.69, 9.17) is 4.74 Å². The highest BCUT2D eigenvalue weighted by molar-refractivity contribution is 5.78. The highest BCUT2D eigenvalue weighted by atomic mass is 16.5. The zero-order valence-corrected chi connectivity index (χ0v) is 12.8. The first-order valence-corrected chi connectivity index (χ1v) is 7.25. The predicted molar refractivity (Wildman–Crippen MR) is 75.2 cm³/mol. The Kier molecular flexibility index (Phi) is 6.26. The fourth-order valence-electron chi connectivity index (χ4n) is 2.48. The van der Waals surface area contributed by atoms with Crippen molar-refractivity contribution in [2.45, 2.75) is 46.3 Å². The van der Waals surface area contributed by atoms with E-state index in [1.165, 1.54) is 0 Å². The molecular weight excluding hydrogens is 260 g/mol. The van der Waals surface area contributed by atoms with Crippen molar-refractivity contribution >= 4 is 12.0 Å². The number of carbonyl (C=O) groups is 2. The van der Waals surface area contributed by atoms with Crippen LogP contribution in [0.5, 0.6) is 0 Å². The molecule has 2 N–H and O–H groups in total. The van der Waals surface area contributed by atoms with Gasteiger partial charge in [0.2, 0.25) is 5.91 Å². The van der Waals surface area contributed by atoms with Crippen LogP contribution in [0.1, 0.15) is 34.1 Å². The summed E-state index contributed by atoms with van der Waals surface area (Å²) in [4.78, 5) is 25.3. The Morgan fingerprint density at radius 1 is 1.35 bits per heavy atom. The van der Waals surface area contributed by atoms with Crippen molar-refractivity contribution < 1.29 is 19.4 Å². The van der Waals surface area contributed by atoms with Gasteiger partial charge in [-0.2, -0.15) is 0 Å². The van der Waals surface area contributed by atoms with Gasteiger partial charge in [-0.15, -0.1) is 0 Å². The number of amides is 2. The van der Waals surface area contributed by atoms with Gasteiger partial charge in [0.15, 0.2) is 0 Å². The second-order valence-electron chi connectivity index (χ2n) is 5.70. The van der Waals surface area contributed by atoms with E-state index >= 15 is 0 Å². The molecule has 0 aromatic carbocycles. The third kappa shape index (κ3) is 4.67. The third-order valence-corrected chi connectivity index (χ3v) is 3.57. The molecule has 1 fully saturated rings. The van der Waals surface area contributed by atoms with Crippen LogP contribution in [0, 0.1) is 11.8 Å². The standard InChI is InChI=1S/C14H26N2O4/c1-5-20-14(19)15-12-6-11(10(4)17)7-16(8-12)13(18)9(2)3/h9-12,17H,5-8H2,1-4H3,(H,15,19). The molecule has 6 nitrogen and oxygen atoms in total. The normalized spacial score (nSPS) is 24.4. The Bertz CT molecular complexity index is 344. The maximum atomic E-state index is 12.1. The molecule has 3 unspecified atom stereocenters. The SMILES string of the molecule is CCOC(=O)NC1CC(C(C)O)CN(C(=O)C(C)C)C1. The van der Waals surface area contributed by atoms with E-state index in [9.17, 15) is 14.7 Å². The molecule has 0 saturated carbocycles. The van der Waals surface area contributed by atoms with Crippen molar-refractivity contribution in [1.29, 1.82) is 0 Å². The lowest BCUT2D eigenvalue weighted by Crippen LogP contribution is -2.55. The van der Waals surface area contributed by atoms with Gasteiger partial charge in [0.05, 0.1) is 18.8 Å². The van der Waals surface area contributed by atoms with E-state index < -0.39 is 12.2 Å². The van der Waals surface area contributed by atoms with Gasteiger partial charge in [0.25, 0.3) is 0 Å². The molecule has 0 spiro atoms. The number of nitrogens with one attached hydrogen (secondary N) is 1. The Balaban J connectivity index is 2.70. The number of hydrogen-bond donors (Lipinski definition) is 2. The van der Waals surface area contributed by atoms with Crippen LogP contribution in [0.2, 0.25) is 0 Å². The number of likely N-dealkylation sites (tertiary alicyclic amines) is 1. The molecule has 3 atom stereocenters. The summed E-state index contributed by atoms with van der Waals surface area (Å²) >= 11 is 0. The Labute approximate surface area is 120 Å². The number of alkyl carbamates (subject to hydrolysis) is 1. The van der Waals surface area contributed by atoms with Crippen LogP contribution in [-0.4, -0.2) is 53.8 Å². The molecule has 1 heterocycles. The Hall–Kier alpha value is -1.30. The molecule has 2 amide bonds. The average Bonchev–Trinajstić information content (AvgIpc) is 2.37. The molecule has 1 aliphatic rings. The summed E-state index contributed by atoms with van der Waals surface area (Å²) in [5.41, 5.74) is 0. The van der Waals surface area contributed by atoms with Crippen molar-refractivity contribution in [3.05, 3.63) is 0 Å². The number of ether oxygens (including phenoxy) is 1. The molecule has 0 radical (unpaired) electrons. The summed E-state index contributed by atoms with van der Waals surface area (Å²) < 4.78 is 4.87. The van der Waals surface area contributed by atoms with Gasteiger partial charge in [-0.05, 0) is 20.3 Å². The number of aliphatic hydroxyl groups excluding tert-OH is 1. The molecule has 0 bridgehead atoms. The number of carbonyl (C=O) groups excluding carboxylic acids is 2. The first kappa shape index (κ1) is 16.8. The molecule has 6 heteroatoms. The topological polar surface area (TPSA) is 78.9 Å². The monoisotopic (exact) mass is 286 g/mol. The maximum Gasteiger partial charge on any atom is 0.407 e. The average molecular weight is 286 g/mol.